The molecule has 2 N–H and O–H groups in total. The van der Waals surface area contributed by atoms with E-state index in [0.29, 0.717) is 13.1 Å². The van der Waals surface area contributed by atoms with E-state index in [0.717, 1.165) is 18.4 Å². The lowest BCUT2D eigenvalue weighted by Gasteiger charge is -2.36. The molecule has 2 atom stereocenters. The first kappa shape index (κ1) is 16.7. The molecule has 112 valence electrons. The summed E-state index contributed by atoms with van der Waals surface area (Å²) in [6.45, 7) is 9.27. The second-order valence-electron chi connectivity index (χ2n) is 5.79. The van der Waals surface area contributed by atoms with Gasteiger partial charge in [0.05, 0.1) is 5.41 Å². The molecule has 0 spiro atoms. The molecular formula is C17H28N2O. The van der Waals surface area contributed by atoms with Gasteiger partial charge >= 0.3 is 0 Å². The summed E-state index contributed by atoms with van der Waals surface area (Å²) in [5.74, 6) is 0.167. The third kappa shape index (κ3) is 3.83. The molecule has 2 unspecified atom stereocenters. The van der Waals surface area contributed by atoms with Gasteiger partial charge in [0.2, 0.25) is 5.91 Å². The average Bonchev–Trinajstić information content (AvgIpc) is 2.51. The molecule has 0 saturated carbocycles. The number of carbonyl (C=O) groups excluding carboxylic acids is 1. The smallest absolute Gasteiger partial charge is 0.230 e. The molecule has 1 aromatic rings. The predicted octanol–water partition coefficient (Wildman–Crippen LogP) is 3.19. The summed E-state index contributed by atoms with van der Waals surface area (Å²) in [7, 11) is 0. The third-order valence-corrected chi connectivity index (χ3v) is 4.33. The van der Waals surface area contributed by atoms with Crippen molar-refractivity contribution in [3.63, 3.8) is 0 Å². The fourth-order valence-electron chi connectivity index (χ4n) is 2.16. The van der Waals surface area contributed by atoms with Crippen LogP contribution in [0.2, 0.25) is 0 Å². The zero-order valence-electron chi connectivity index (χ0n) is 13.2. The van der Waals surface area contributed by atoms with Gasteiger partial charge < -0.3 is 10.6 Å². The van der Waals surface area contributed by atoms with Crippen LogP contribution in [0.5, 0.6) is 0 Å². The summed E-state index contributed by atoms with van der Waals surface area (Å²) in [5.41, 5.74) is 6.55. The van der Waals surface area contributed by atoms with E-state index in [1.165, 1.54) is 0 Å². The quantitative estimate of drug-likeness (QED) is 0.831. The number of benzene rings is 1. The molecule has 1 aromatic carbocycles. The molecule has 0 heterocycles. The van der Waals surface area contributed by atoms with Gasteiger partial charge in [-0.1, -0.05) is 44.2 Å². The second-order valence-corrected chi connectivity index (χ2v) is 5.79. The van der Waals surface area contributed by atoms with Gasteiger partial charge in [0.1, 0.15) is 0 Å². The van der Waals surface area contributed by atoms with Crippen molar-refractivity contribution in [1.82, 2.24) is 4.90 Å². The van der Waals surface area contributed by atoms with Crippen molar-refractivity contribution in [1.29, 1.82) is 0 Å². The van der Waals surface area contributed by atoms with Crippen LogP contribution >= 0.6 is 0 Å². The Morgan fingerprint density at radius 2 is 1.90 bits per heavy atom. The predicted molar refractivity (Wildman–Crippen MR) is 84.2 cm³/mol. The number of hydrogen-bond donors (Lipinski definition) is 1. The molecule has 1 rings (SSSR count). The summed E-state index contributed by atoms with van der Waals surface area (Å²) in [6.07, 6.45) is 1.72. The summed E-state index contributed by atoms with van der Waals surface area (Å²) >= 11 is 0. The Hall–Kier alpha value is -1.35. The van der Waals surface area contributed by atoms with Gasteiger partial charge in [0, 0.05) is 19.1 Å². The Morgan fingerprint density at radius 1 is 1.30 bits per heavy atom. The fraction of sp³-hybridized carbons (Fsp3) is 0.588. The molecule has 0 radical (unpaired) electrons. The van der Waals surface area contributed by atoms with E-state index in [1.54, 1.807) is 0 Å². The molecule has 0 aliphatic heterocycles. The first-order chi connectivity index (χ1) is 9.48. The highest BCUT2D eigenvalue weighted by Crippen LogP contribution is 2.25. The molecule has 0 aliphatic carbocycles. The summed E-state index contributed by atoms with van der Waals surface area (Å²) in [4.78, 5) is 14.9. The zero-order valence-corrected chi connectivity index (χ0v) is 13.2. The van der Waals surface area contributed by atoms with Gasteiger partial charge in [-0.3, -0.25) is 4.79 Å². The molecule has 20 heavy (non-hydrogen) atoms. The van der Waals surface area contributed by atoms with Crippen molar-refractivity contribution in [3.05, 3.63) is 35.9 Å². The van der Waals surface area contributed by atoms with Gasteiger partial charge in [0.15, 0.2) is 0 Å². The fourth-order valence-corrected chi connectivity index (χ4v) is 2.16. The topological polar surface area (TPSA) is 46.3 Å². The molecule has 3 nitrogen and oxygen atoms in total. The molecule has 0 saturated heterocycles. The zero-order chi connectivity index (χ0) is 15.2. The molecule has 0 aliphatic rings. The van der Waals surface area contributed by atoms with E-state index in [4.69, 9.17) is 5.73 Å². The van der Waals surface area contributed by atoms with Crippen molar-refractivity contribution in [3.8, 4) is 0 Å². The molecule has 0 bridgehead atoms. The van der Waals surface area contributed by atoms with Crippen molar-refractivity contribution in [2.45, 2.75) is 53.1 Å². The van der Waals surface area contributed by atoms with Crippen LogP contribution in [0.15, 0.2) is 30.3 Å². The minimum Gasteiger partial charge on any atom is -0.335 e. The van der Waals surface area contributed by atoms with Crippen molar-refractivity contribution in [2.24, 2.45) is 11.1 Å². The van der Waals surface area contributed by atoms with Gasteiger partial charge in [0.25, 0.3) is 0 Å². The minimum absolute atomic E-state index is 0.167. The Bertz CT molecular complexity index is 412. The monoisotopic (exact) mass is 276 g/mol. The van der Waals surface area contributed by atoms with Crippen LogP contribution in [0, 0.1) is 5.41 Å². The second kappa shape index (κ2) is 7.44. The molecule has 3 heteroatoms. The van der Waals surface area contributed by atoms with E-state index in [-0.39, 0.29) is 11.9 Å². The lowest BCUT2D eigenvalue weighted by atomic mass is 9.85. The first-order valence-corrected chi connectivity index (χ1v) is 7.53. The molecule has 0 aromatic heterocycles. The highest BCUT2D eigenvalue weighted by atomic mass is 16.2. The maximum atomic E-state index is 12.9. The molecule has 1 amide bonds. The number of nitrogens with two attached hydrogens (primary N) is 1. The Kier molecular flexibility index (Phi) is 6.21. The Balaban J connectivity index is 2.98. The minimum atomic E-state index is -0.460. The number of amides is 1. The lowest BCUT2D eigenvalue weighted by molar-refractivity contribution is -0.144. The van der Waals surface area contributed by atoms with Crippen LogP contribution in [0.25, 0.3) is 0 Å². The summed E-state index contributed by atoms with van der Waals surface area (Å²) in [5, 5.41) is 0. The summed E-state index contributed by atoms with van der Waals surface area (Å²) in [6, 6.07) is 10.4. The third-order valence-electron chi connectivity index (χ3n) is 4.33. The number of hydrogen-bond acceptors (Lipinski definition) is 2. The SMILES string of the molecule is CCC(C)N(Cc1ccccc1)C(=O)C(C)(CC)CN. The maximum absolute atomic E-state index is 12.9. The van der Waals surface area contributed by atoms with Crippen LogP contribution in [0.4, 0.5) is 0 Å². The Labute approximate surface area is 123 Å². The number of carbonyl (C=O) groups is 1. The van der Waals surface area contributed by atoms with Gasteiger partial charge in [-0.15, -0.1) is 0 Å². The van der Waals surface area contributed by atoms with Gasteiger partial charge in [-0.2, -0.15) is 0 Å². The summed E-state index contributed by atoms with van der Waals surface area (Å²) < 4.78 is 0. The largest absolute Gasteiger partial charge is 0.335 e. The van der Waals surface area contributed by atoms with Crippen LogP contribution in [0.1, 0.15) is 46.1 Å². The Morgan fingerprint density at radius 3 is 2.35 bits per heavy atom. The van der Waals surface area contributed by atoms with Crippen molar-refractivity contribution < 1.29 is 4.79 Å². The van der Waals surface area contributed by atoms with E-state index in [1.807, 2.05) is 36.9 Å². The van der Waals surface area contributed by atoms with Crippen LogP contribution < -0.4 is 5.73 Å². The average molecular weight is 276 g/mol. The van der Waals surface area contributed by atoms with Crippen molar-refractivity contribution >= 4 is 5.91 Å². The number of nitrogens with zero attached hydrogens (tertiary/aromatic N) is 1. The highest BCUT2D eigenvalue weighted by molar-refractivity contribution is 5.82. The van der Waals surface area contributed by atoms with Crippen LogP contribution in [0.3, 0.4) is 0 Å². The van der Waals surface area contributed by atoms with E-state index in [2.05, 4.69) is 26.0 Å². The first-order valence-electron chi connectivity index (χ1n) is 7.53. The molecule has 0 fully saturated rings. The molecular weight excluding hydrogens is 248 g/mol. The highest BCUT2D eigenvalue weighted by Gasteiger charge is 2.35. The van der Waals surface area contributed by atoms with Gasteiger partial charge in [-0.05, 0) is 32.3 Å². The standard InChI is InChI=1S/C17H28N2O/c1-5-14(3)19(12-15-10-8-7-9-11-15)16(20)17(4,6-2)13-18/h7-11,14H,5-6,12-13,18H2,1-4H3. The normalized spacial score (nSPS) is 15.4. The lowest BCUT2D eigenvalue weighted by Crippen LogP contribution is -2.49. The van der Waals surface area contributed by atoms with E-state index in [9.17, 15) is 4.79 Å². The van der Waals surface area contributed by atoms with Crippen LogP contribution in [-0.4, -0.2) is 23.4 Å². The van der Waals surface area contributed by atoms with E-state index < -0.39 is 5.41 Å². The van der Waals surface area contributed by atoms with Crippen molar-refractivity contribution in [2.75, 3.05) is 6.54 Å². The van der Waals surface area contributed by atoms with Crippen LogP contribution in [-0.2, 0) is 11.3 Å². The number of rotatable bonds is 7. The maximum Gasteiger partial charge on any atom is 0.230 e. The van der Waals surface area contributed by atoms with Gasteiger partial charge in [-0.25, -0.2) is 0 Å². The van der Waals surface area contributed by atoms with E-state index >= 15 is 0 Å².